The number of carbonyl (C=O) groups is 2. The predicted molar refractivity (Wildman–Crippen MR) is 116 cm³/mol. The van der Waals surface area contributed by atoms with Crippen LogP contribution < -0.4 is 10.1 Å². The zero-order valence-corrected chi connectivity index (χ0v) is 17.6. The van der Waals surface area contributed by atoms with Crippen LogP contribution in [0.25, 0.3) is 0 Å². The molecule has 1 N–H and O–H groups in total. The number of amides is 2. The number of likely N-dealkylation sites (tertiary alicyclic amines) is 1. The fraction of sp³-hybridized carbons (Fsp3) is 0.304. The number of nitrogens with zero attached hydrogens (tertiary/aromatic N) is 4. The van der Waals surface area contributed by atoms with Gasteiger partial charge in [0.2, 0.25) is 5.91 Å². The van der Waals surface area contributed by atoms with Gasteiger partial charge in [-0.2, -0.15) is 5.10 Å². The van der Waals surface area contributed by atoms with Crippen LogP contribution in [-0.2, 0) is 11.8 Å². The summed E-state index contributed by atoms with van der Waals surface area (Å²) in [4.78, 5) is 31.6. The number of para-hydroxylation sites is 2. The van der Waals surface area contributed by atoms with Crippen molar-refractivity contribution in [3.63, 3.8) is 0 Å². The second kappa shape index (κ2) is 8.99. The molecule has 1 aromatic carbocycles. The molecule has 1 fully saturated rings. The van der Waals surface area contributed by atoms with Crippen LogP contribution in [0, 0.1) is 12.8 Å². The van der Waals surface area contributed by atoms with Crippen LogP contribution in [0.1, 0.15) is 29.0 Å². The molecule has 0 bridgehead atoms. The number of ether oxygens (including phenoxy) is 1. The zero-order chi connectivity index (χ0) is 21.8. The SMILES string of the molecule is Cc1cc(C(=O)N2CCCC(C(=O)Nc3ccccc3Oc3cccnc3)C2)nn1C. The summed E-state index contributed by atoms with van der Waals surface area (Å²) in [5.41, 5.74) is 1.91. The van der Waals surface area contributed by atoms with Gasteiger partial charge in [0.05, 0.1) is 17.8 Å². The van der Waals surface area contributed by atoms with Crippen LogP contribution in [0.5, 0.6) is 11.5 Å². The van der Waals surface area contributed by atoms with E-state index < -0.39 is 0 Å². The normalized spacial score (nSPS) is 16.1. The number of pyridine rings is 1. The fourth-order valence-corrected chi connectivity index (χ4v) is 3.63. The Balaban J connectivity index is 1.43. The van der Waals surface area contributed by atoms with E-state index in [2.05, 4.69) is 15.4 Å². The van der Waals surface area contributed by atoms with Crippen LogP contribution in [-0.4, -0.2) is 44.6 Å². The number of piperidine rings is 1. The second-order valence-corrected chi connectivity index (χ2v) is 7.66. The second-order valence-electron chi connectivity index (χ2n) is 7.66. The number of nitrogens with one attached hydrogen (secondary N) is 1. The summed E-state index contributed by atoms with van der Waals surface area (Å²) in [5.74, 6) is 0.563. The Morgan fingerprint density at radius 3 is 2.77 bits per heavy atom. The molecule has 1 unspecified atom stereocenters. The summed E-state index contributed by atoms with van der Waals surface area (Å²) >= 11 is 0. The van der Waals surface area contributed by atoms with E-state index in [-0.39, 0.29) is 17.7 Å². The minimum atomic E-state index is -0.297. The Kier molecular flexibility index (Phi) is 5.97. The molecule has 0 saturated carbocycles. The molecule has 8 nitrogen and oxygen atoms in total. The first kappa shape index (κ1) is 20.6. The van der Waals surface area contributed by atoms with E-state index in [1.54, 1.807) is 52.3 Å². The van der Waals surface area contributed by atoms with E-state index in [9.17, 15) is 9.59 Å². The van der Waals surface area contributed by atoms with Gasteiger partial charge in [0.15, 0.2) is 11.4 Å². The van der Waals surface area contributed by atoms with Crippen molar-refractivity contribution in [2.75, 3.05) is 18.4 Å². The van der Waals surface area contributed by atoms with E-state index in [0.717, 1.165) is 18.5 Å². The molecular formula is C23H25N5O3. The first-order valence-corrected chi connectivity index (χ1v) is 10.3. The smallest absolute Gasteiger partial charge is 0.274 e. The lowest BCUT2D eigenvalue weighted by molar-refractivity contribution is -0.121. The van der Waals surface area contributed by atoms with Gasteiger partial charge in [-0.25, -0.2) is 0 Å². The monoisotopic (exact) mass is 419 g/mol. The summed E-state index contributed by atoms with van der Waals surface area (Å²) in [6.07, 6.45) is 4.78. The average molecular weight is 419 g/mol. The van der Waals surface area contributed by atoms with Crippen molar-refractivity contribution in [2.24, 2.45) is 13.0 Å². The molecular weight excluding hydrogens is 394 g/mol. The highest BCUT2D eigenvalue weighted by Crippen LogP contribution is 2.30. The van der Waals surface area contributed by atoms with Crippen LogP contribution in [0.4, 0.5) is 5.69 Å². The Morgan fingerprint density at radius 2 is 2.03 bits per heavy atom. The first-order chi connectivity index (χ1) is 15.0. The van der Waals surface area contributed by atoms with E-state index >= 15 is 0 Å². The number of anilines is 1. The van der Waals surface area contributed by atoms with Gasteiger partial charge in [0.25, 0.3) is 5.91 Å². The van der Waals surface area contributed by atoms with Gasteiger partial charge in [-0.05, 0) is 50.1 Å². The summed E-state index contributed by atoms with van der Waals surface area (Å²) in [7, 11) is 1.81. The number of aromatic nitrogens is 3. The van der Waals surface area contributed by atoms with Crippen molar-refractivity contribution in [2.45, 2.75) is 19.8 Å². The van der Waals surface area contributed by atoms with Crippen molar-refractivity contribution in [1.29, 1.82) is 0 Å². The molecule has 160 valence electrons. The molecule has 3 aromatic rings. The third-order valence-corrected chi connectivity index (χ3v) is 5.42. The van der Waals surface area contributed by atoms with Crippen LogP contribution in [0.15, 0.2) is 54.9 Å². The highest BCUT2D eigenvalue weighted by Gasteiger charge is 2.30. The number of hydrogen-bond acceptors (Lipinski definition) is 5. The minimum absolute atomic E-state index is 0.128. The molecule has 1 aliphatic heterocycles. The lowest BCUT2D eigenvalue weighted by atomic mass is 9.96. The number of hydrogen-bond donors (Lipinski definition) is 1. The van der Waals surface area contributed by atoms with E-state index in [0.29, 0.717) is 36.0 Å². The highest BCUT2D eigenvalue weighted by molar-refractivity contribution is 5.96. The number of benzene rings is 1. The van der Waals surface area contributed by atoms with Crippen molar-refractivity contribution < 1.29 is 14.3 Å². The Hall–Kier alpha value is -3.68. The molecule has 3 heterocycles. The molecule has 2 amide bonds. The van der Waals surface area contributed by atoms with Crippen LogP contribution in [0.2, 0.25) is 0 Å². The van der Waals surface area contributed by atoms with Crippen LogP contribution >= 0.6 is 0 Å². The fourth-order valence-electron chi connectivity index (χ4n) is 3.63. The van der Waals surface area contributed by atoms with E-state index in [4.69, 9.17) is 4.74 Å². The van der Waals surface area contributed by atoms with Crippen molar-refractivity contribution >= 4 is 17.5 Å². The number of aryl methyl sites for hydroxylation is 2. The third kappa shape index (κ3) is 4.74. The maximum Gasteiger partial charge on any atom is 0.274 e. The van der Waals surface area contributed by atoms with Gasteiger partial charge >= 0.3 is 0 Å². The largest absolute Gasteiger partial charge is 0.454 e. The molecule has 2 aromatic heterocycles. The number of rotatable bonds is 5. The summed E-state index contributed by atoms with van der Waals surface area (Å²) in [6, 6.07) is 12.6. The predicted octanol–water partition coefficient (Wildman–Crippen LogP) is 3.41. The van der Waals surface area contributed by atoms with Gasteiger partial charge in [0, 0.05) is 32.0 Å². The molecule has 1 atom stereocenters. The molecule has 0 aliphatic carbocycles. The standard InChI is InChI=1S/C23H25N5O3/c1-16-13-20(26-27(16)2)23(30)28-12-6-7-17(15-28)22(29)25-19-9-3-4-10-21(19)31-18-8-5-11-24-14-18/h3-5,8-11,13-14,17H,6-7,12,15H2,1-2H3,(H,25,29). The van der Waals surface area contributed by atoms with Crippen molar-refractivity contribution in [1.82, 2.24) is 19.7 Å². The van der Waals surface area contributed by atoms with Gasteiger partial charge in [-0.3, -0.25) is 19.3 Å². The maximum atomic E-state index is 13.0. The van der Waals surface area contributed by atoms with E-state index in [1.165, 1.54) is 0 Å². The third-order valence-electron chi connectivity index (χ3n) is 5.42. The quantitative estimate of drug-likeness (QED) is 0.685. The van der Waals surface area contributed by atoms with Crippen molar-refractivity contribution in [3.8, 4) is 11.5 Å². The lowest BCUT2D eigenvalue weighted by Gasteiger charge is -2.31. The molecule has 0 radical (unpaired) electrons. The maximum absolute atomic E-state index is 13.0. The Bertz CT molecular complexity index is 1060. The van der Waals surface area contributed by atoms with Gasteiger partial charge in [-0.1, -0.05) is 12.1 Å². The average Bonchev–Trinajstić information content (AvgIpc) is 3.13. The molecule has 31 heavy (non-hydrogen) atoms. The lowest BCUT2D eigenvalue weighted by Crippen LogP contribution is -2.44. The van der Waals surface area contributed by atoms with Gasteiger partial charge in [-0.15, -0.1) is 0 Å². The Morgan fingerprint density at radius 1 is 1.19 bits per heavy atom. The summed E-state index contributed by atoms with van der Waals surface area (Å²) in [6.45, 7) is 2.89. The molecule has 8 heteroatoms. The molecule has 4 rings (SSSR count). The Labute approximate surface area is 180 Å². The van der Waals surface area contributed by atoms with E-state index in [1.807, 2.05) is 26.1 Å². The zero-order valence-electron chi connectivity index (χ0n) is 17.6. The molecule has 1 aliphatic rings. The first-order valence-electron chi connectivity index (χ1n) is 10.3. The van der Waals surface area contributed by atoms with Crippen molar-refractivity contribution in [3.05, 3.63) is 66.2 Å². The summed E-state index contributed by atoms with van der Waals surface area (Å²) < 4.78 is 7.56. The van der Waals surface area contributed by atoms with Crippen LogP contribution in [0.3, 0.4) is 0 Å². The molecule has 0 spiro atoms. The molecule has 1 saturated heterocycles. The van der Waals surface area contributed by atoms with Gasteiger partial charge in [0.1, 0.15) is 5.75 Å². The topological polar surface area (TPSA) is 89.3 Å². The van der Waals surface area contributed by atoms with Gasteiger partial charge < -0.3 is 15.0 Å². The highest BCUT2D eigenvalue weighted by atomic mass is 16.5. The summed E-state index contributed by atoms with van der Waals surface area (Å²) in [5, 5.41) is 7.25. The number of carbonyl (C=O) groups excluding carboxylic acids is 2. The minimum Gasteiger partial charge on any atom is -0.454 e.